The Morgan fingerprint density at radius 2 is 2.16 bits per heavy atom. The predicted octanol–water partition coefficient (Wildman–Crippen LogP) is 2.34. The van der Waals surface area contributed by atoms with Crippen LogP contribution < -0.4 is 11.1 Å². The van der Waals surface area contributed by atoms with Crippen LogP contribution in [-0.4, -0.2) is 25.2 Å². The molecule has 4 nitrogen and oxygen atoms in total. The van der Waals surface area contributed by atoms with Crippen molar-refractivity contribution in [1.29, 1.82) is 0 Å². The monoisotopic (exact) mass is 282 g/mol. The summed E-state index contributed by atoms with van der Waals surface area (Å²) in [5, 5.41) is 3.33. The van der Waals surface area contributed by atoms with E-state index in [1.807, 2.05) is 19.1 Å². The van der Waals surface area contributed by atoms with Gasteiger partial charge in [0.2, 0.25) is 5.91 Å². The van der Waals surface area contributed by atoms with E-state index in [0.717, 1.165) is 18.4 Å². The number of carbonyl (C=O) groups excluding carboxylic acids is 1. The number of halogens is 1. The second-order valence-corrected chi connectivity index (χ2v) is 5.36. The molecule has 0 spiro atoms. The molecule has 0 radical (unpaired) electrons. The smallest absolute Gasteiger partial charge is 0.241 e. The second kappa shape index (κ2) is 6.37. The Balaban J connectivity index is 1.99. The van der Waals surface area contributed by atoms with E-state index in [2.05, 4.69) is 5.32 Å². The largest absolute Gasteiger partial charge is 0.381 e. The molecule has 1 amide bonds. The summed E-state index contributed by atoms with van der Waals surface area (Å²) in [5.74, 6) is -0.00405. The fraction of sp³-hybridized carbons (Fsp3) is 0.500. The zero-order chi connectivity index (χ0) is 13.8. The highest BCUT2D eigenvalue weighted by atomic mass is 35.5. The van der Waals surface area contributed by atoms with E-state index in [0.29, 0.717) is 23.9 Å². The van der Waals surface area contributed by atoms with Gasteiger partial charge in [0.1, 0.15) is 0 Å². The molecular weight excluding hydrogens is 264 g/mol. The Hall–Kier alpha value is -1.10. The average Bonchev–Trinajstić information content (AvgIpc) is 2.42. The average molecular weight is 283 g/mol. The third kappa shape index (κ3) is 3.69. The first-order chi connectivity index (χ1) is 9.08. The maximum absolute atomic E-state index is 12.1. The van der Waals surface area contributed by atoms with Gasteiger partial charge in [0.25, 0.3) is 0 Å². The first-order valence-electron chi connectivity index (χ1n) is 6.48. The number of aryl methyl sites for hydroxylation is 1. The van der Waals surface area contributed by atoms with Crippen molar-refractivity contribution in [3.63, 3.8) is 0 Å². The summed E-state index contributed by atoms with van der Waals surface area (Å²) in [6.07, 6.45) is 1.66. The minimum Gasteiger partial charge on any atom is -0.381 e. The molecule has 0 aromatic heterocycles. The number of hydrogen-bond acceptors (Lipinski definition) is 3. The molecule has 1 aromatic rings. The number of anilines is 1. The Morgan fingerprint density at radius 1 is 1.47 bits per heavy atom. The molecule has 1 aliphatic heterocycles. The molecule has 2 rings (SSSR count). The zero-order valence-corrected chi connectivity index (χ0v) is 11.7. The summed E-state index contributed by atoms with van der Waals surface area (Å²) in [7, 11) is 0. The van der Waals surface area contributed by atoms with Gasteiger partial charge in [0, 0.05) is 13.2 Å². The molecule has 1 aromatic carbocycles. The number of carbonyl (C=O) groups is 1. The summed E-state index contributed by atoms with van der Waals surface area (Å²) >= 11 is 6.09. The summed E-state index contributed by atoms with van der Waals surface area (Å²) in [4.78, 5) is 12.1. The number of hydrogen-bond donors (Lipinski definition) is 2. The zero-order valence-electron chi connectivity index (χ0n) is 11.0. The van der Waals surface area contributed by atoms with Crippen molar-refractivity contribution in [2.45, 2.75) is 25.8 Å². The molecule has 104 valence electrons. The molecule has 1 fully saturated rings. The van der Waals surface area contributed by atoms with E-state index in [4.69, 9.17) is 22.1 Å². The number of amides is 1. The van der Waals surface area contributed by atoms with Crippen molar-refractivity contribution in [3.8, 4) is 0 Å². The topological polar surface area (TPSA) is 64.4 Å². The van der Waals surface area contributed by atoms with E-state index in [9.17, 15) is 4.79 Å². The molecule has 0 aliphatic carbocycles. The predicted molar refractivity (Wildman–Crippen MR) is 76.3 cm³/mol. The van der Waals surface area contributed by atoms with Gasteiger partial charge in [-0.25, -0.2) is 0 Å². The molecule has 1 unspecified atom stereocenters. The first kappa shape index (κ1) is 14.3. The minimum atomic E-state index is -0.513. The Morgan fingerprint density at radius 3 is 2.79 bits per heavy atom. The van der Waals surface area contributed by atoms with Crippen molar-refractivity contribution in [2.75, 3.05) is 18.5 Å². The second-order valence-electron chi connectivity index (χ2n) is 4.95. The maximum atomic E-state index is 12.1. The van der Waals surface area contributed by atoms with Gasteiger partial charge in [-0.3, -0.25) is 4.79 Å². The quantitative estimate of drug-likeness (QED) is 0.894. The summed E-state index contributed by atoms with van der Waals surface area (Å²) in [6.45, 7) is 3.30. The number of nitrogens with one attached hydrogen (secondary N) is 1. The van der Waals surface area contributed by atoms with Gasteiger partial charge in [-0.15, -0.1) is 0 Å². The van der Waals surface area contributed by atoms with Gasteiger partial charge in [0.15, 0.2) is 0 Å². The van der Waals surface area contributed by atoms with Crippen LogP contribution in [0, 0.1) is 12.8 Å². The molecule has 3 N–H and O–H groups in total. The summed E-state index contributed by atoms with van der Waals surface area (Å²) in [5.41, 5.74) is 7.67. The van der Waals surface area contributed by atoms with Crippen molar-refractivity contribution in [3.05, 3.63) is 28.8 Å². The molecule has 0 bridgehead atoms. The van der Waals surface area contributed by atoms with Crippen molar-refractivity contribution >= 4 is 23.2 Å². The van der Waals surface area contributed by atoms with Crippen LogP contribution in [0.3, 0.4) is 0 Å². The van der Waals surface area contributed by atoms with Gasteiger partial charge in [0.05, 0.1) is 16.8 Å². The van der Waals surface area contributed by atoms with Crippen LogP contribution in [0.4, 0.5) is 5.69 Å². The highest BCUT2D eigenvalue weighted by Crippen LogP contribution is 2.24. The lowest BCUT2D eigenvalue weighted by atomic mass is 9.92. The van der Waals surface area contributed by atoms with Gasteiger partial charge >= 0.3 is 0 Å². The molecule has 0 saturated carbocycles. The van der Waals surface area contributed by atoms with Gasteiger partial charge < -0.3 is 15.8 Å². The SMILES string of the molecule is Cc1ccc(NC(=O)C(N)C2CCOCC2)c(Cl)c1. The molecule has 5 heteroatoms. The Labute approximate surface area is 118 Å². The Kier molecular flexibility index (Phi) is 4.80. The Bertz CT molecular complexity index is 459. The van der Waals surface area contributed by atoms with E-state index < -0.39 is 6.04 Å². The van der Waals surface area contributed by atoms with Crippen LogP contribution in [0.2, 0.25) is 5.02 Å². The molecule has 1 heterocycles. The van der Waals surface area contributed by atoms with E-state index in [1.165, 1.54) is 0 Å². The number of rotatable bonds is 3. The standard InChI is InChI=1S/C14H19ClN2O2/c1-9-2-3-12(11(15)8-9)17-14(18)13(16)10-4-6-19-7-5-10/h2-3,8,10,13H,4-7,16H2,1H3,(H,17,18). The molecular formula is C14H19ClN2O2. The normalized spacial score (nSPS) is 18.1. The number of ether oxygens (including phenoxy) is 1. The minimum absolute atomic E-state index is 0.179. The highest BCUT2D eigenvalue weighted by molar-refractivity contribution is 6.33. The van der Waals surface area contributed by atoms with E-state index in [-0.39, 0.29) is 11.8 Å². The molecule has 19 heavy (non-hydrogen) atoms. The van der Waals surface area contributed by atoms with Crippen molar-refractivity contribution in [1.82, 2.24) is 0 Å². The lowest BCUT2D eigenvalue weighted by Crippen LogP contribution is -2.44. The number of nitrogens with two attached hydrogens (primary N) is 1. The van der Waals surface area contributed by atoms with Crippen molar-refractivity contribution in [2.24, 2.45) is 11.7 Å². The van der Waals surface area contributed by atoms with Crippen LogP contribution in [-0.2, 0) is 9.53 Å². The van der Waals surface area contributed by atoms with E-state index >= 15 is 0 Å². The molecule has 1 aliphatic rings. The number of benzene rings is 1. The van der Waals surface area contributed by atoms with Crippen molar-refractivity contribution < 1.29 is 9.53 Å². The van der Waals surface area contributed by atoms with Crippen LogP contribution in [0.1, 0.15) is 18.4 Å². The molecule has 1 saturated heterocycles. The van der Waals surface area contributed by atoms with Crippen LogP contribution in [0.25, 0.3) is 0 Å². The van der Waals surface area contributed by atoms with E-state index in [1.54, 1.807) is 6.07 Å². The van der Waals surface area contributed by atoms with Crippen LogP contribution in [0.5, 0.6) is 0 Å². The van der Waals surface area contributed by atoms with Crippen LogP contribution >= 0.6 is 11.6 Å². The lowest BCUT2D eigenvalue weighted by Gasteiger charge is -2.26. The molecule has 1 atom stereocenters. The van der Waals surface area contributed by atoms with Gasteiger partial charge in [-0.1, -0.05) is 17.7 Å². The summed E-state index contributed by atoms with van der Waals surface area (Å²) < 4.78 is 5.27. The highest BCUT2D eigenvalue weighted by Gasteiger charge is 2.26. The van der Waals surface area contributed by atoms with Gasteiger partial charge in [-0.05, 0) is 43.4 Å². The van der Waals surface area contributed by atoms with Gasteiger partial charge in [-0.2, -0.15) is 0 Å². The third-order valence-corrected chi connectivity index (χ3v) is 3.77. The first-order valence-corrected chi connectivity index (χ1v) is 6.86. The lowest BCUT2D eigenvalue weighted by molar-refractivity contribution is -0.119. The van der Waals surface area contributed by atoms with Crippen LogP contribution in [0.15, 0.2) is 18.2 Å². The fourth-order valence-corrected chi connectivity index (χ4v) is 2.51. The fourth-order valence-electron chi connectivity index (χ4n) is 2.23. The summed E-state index contributed by atoms with van der Waals surface area (Å²) in [6, 6.07) is 5.01. The maximum Gasteiger partial charge on any atom is 0.241 e. The third-order valence-electron chi connectivity index (χ3n) is 3.46.